The molecule has 0 spiro atoms. The first-order chi connectivity index (χ1) is 12.6. The lowest BCUT2D eigenvalue weighted by Gasteiger charge is -2.19. The van der Waals surface area contributed by atoms with E-state index in [0.717, 1.165) is 11.3 Å². The van der Waals surface area contributed by atoms with Crippen molar-refractivity contribution in [2.75, 3.05) is 7.05 Å². The quantitative estimate of drug-likeness (QED) is 0.641. The zero-order valence-corrected chi connectivity index (χ0v) is 15.2. The molecule has 1 amide bonds. The molecule has 26 heavy (non-hydrogen) atoms. The van der Waals surface area contributed by atoms with Crippen LogP contribution in [0.1, 0.15) is 21.6 Å². The number of aromatic nitrogens is 1. The number of carbonyl (C=O) groups excluding carboxylic acids is 1. The Hall–Kier alpha value is -2.85. The summed E-state index contributed by atoms with van der Waals surface area (Å²) in [5.41, 5.74) is 2.22. The Bertz CT molecular complexity index is 884. The molecule has 0 saturated carbocycles. The van der Waals surface area contributed by atoms with Crippen molar-refractivity contribution in [1.82, 2.24) is 9.88 Å². The maximum Gasteiger partial charge on any atom is 0.257 e. The first-order valence-corrected chi connectivity index (χ1v) is 8.63. The normalized spacial score (nSPS) is 10.4. The number of carbonyl (C=O) groups is 1. The molecular formula is C21H19ClN2O2. The smallest absolute Gasteiger partial charge is 0.257 e. The Kier molecular flexibility index (Phi) is 5.87. The first-order valence-electron chi connectivity index (χ1n) is 8.26. The van der Waals surface area contributed by atoms with E-state index < -0.39 is 0 Å². The number of para-hydroxylation sites is 1. The number of pyridine rings is 1. The van der Waals surface area contributed by atoms with Gasteiger partial charge in [0.15, 0.2) is 0 Å². The number of hydrogen-bond donors (Lipinski definition) is 0. The van der Waals surface area contributed by atoms with Crippen LogP contribution in [-0.4, -0.2) is 22.8 Å². The standard InChI is InChI=1S/C21H19ClN2O2/c1-24(14-17-9-6-7-13-23-17)21(25)18-10-3-5-12-20(18)26-15-16-8-2-4-11-19(16)22/h2-13H,14-15H2,1H3. The Morgan fingerprint density at radius 3 is 2.54 bits per heavy atom. The van der Waals surface area contributed by atoms with Crippen LogP contribution in [0.4, 0.5) is 0 Å². The summed E-state index contributed by atoms with van der Waals surface area (Å²) < 4.78 is 5.88. The van der Waals surface area contributed by atoms with Crippen LogP contribution in [0, 0.1) is 0 Å². The summed E-state index contributed by atoms with van der Waals surface area (Å²) in [4.78, 5) is 18.7. The molecule has 1 aromatic heterocycles. The summed E-state index contributed by atoms with van der Waals surface area (Å²) >= 11 is 6.17. The van der Waals surface area contributed by atoms with Gasteiger partial charge in [0.1, 0.15) is 12.4 Å². The lowest BCUT2D eigenvalue weighted by molar-refractivity contribution is 0.0778. The summed E-state index contributed by atoms with van der Waals surface area (Å²) in [5, 5.41) is 0.642. The monoisotopic (exact) mass is 366 g/mol. The highest BCUT2D eigenvalue weighted by Gasteiger charge is 2.17. The highest BCUT2D eigenvalue weighted by Crippen LogP contribution is 2.23. The van der Waals surface area contributed by atoms with Crippen LogP contribution in [0.5, 0.6) is 5.75 Å². The average molecular weight is 367 g/mol. The van der Waals surface area contributed by atoms with E-state index >= 15 is 0 Å². The average Bonchev–Trinajstić information content (AvgIpc) is 2.68. The molecular weight excluding hydrogens is 348 g/mol. The van der Waals surface area contributed by atoms with E-state index in [9.17, 15) is 4.79 Å². The van der Waals surface area contributed by atoms with Gasteiger partial charge in [-0.2, -0.15) is 0 Å². The fourth-order valence-electron chi connectivity index (χ4n) is 2.55. The van der Waals surface area contributed by atoms with E-state index in [1.54, 1.807) is 30.3 Å². The molecule has 0 bridgehead atoms. The van der Waals surface area contributed by atoms with Crippen LogP contribution in [0.25, 0.3) is 0 Å². The first kappa shape index (κ1) is 18.0. The maximum absolute atomic E-state index is 12.8. The Labute approximate surface area is 158 Å². The van der Waals surface area contributed by atoms with Crippen molar-refractivity contribution >= 4 is 17.5 Å². The highest BCUT2D eigenvalue weighted by molar-refractivity contribution is 6.31. The van der Waals surface area contributed by atoms with Crippen molar-refractivity contribution in [3.63, 3.8) is 0 Å². The van der Waals surface area contributed by atoms with Crippen LogP contribution in [-0.2, 0) is 13.2 Å². The molecule has 2 aromatic carbocycles. The lowest BCUT2D eigenvalue weighted by atomic mass is 10.1. The zero-order chi connectivity index (χ0) is 18.4. The van der Waals surface area contributed by atoms with Gasteiger partial charge in [0.25, 0.3) is 5.91 Å². The summed E-state index contributed by atoms with van der Waals surface area (Å²) in [6.07, 6.45) is 1.72. The van der Waals surface area contributed by atoms with E-state index in [1.807, 2.05) is 54.6 Å². The van der Waals surface area contributed by atoms with Crippen LogP contribution < -0.4 is 4.74 Å². The molecule has 0 aliphatic carbocycles. The molecule has 4 nitrogen and oxygen atoms in total. The third-order valence-corrected chi connectivity index (χ3v) is 4.30. The van der Waals surface area contributed by atoms with E-state index in [-0.39, 0.29) is 5.91 Å². The highest BCUT2D eigenvalue weighted by atomic mass is 35.5. The summed E-state index contributed by atoms with van der Waals surface area (Å²) in [7, 11) is 1.75. The van der Waals surface area contributed by atoms with Gasteiger partial charge in [-0.05, 0) is 30.3 Å². The van der Waals surface area contributed by atoms with Crippen molar-refractivity contribution in [1.29, 1.82) is 0 Å². The topological polar surface area (TPSA) is 42.4 Å². The van der Waals surface area contributed by atoms with E-state index in [4.69, 9.17) is 16.3 Å². The van der Waals surface area contributed by atoms with Gasteiger partial charge in [0.2, 0.25) is 0 Å². The number of benzene rings is 2. The number of hydrogen-bond acceptors (Lipinski definition) is 3. The molecule has 0 aliphatic rings. The second-order valence-corrected chi connectivity index (χ2v) is 6.27. The fourth-order valence-corrected chi connectivity index (χ4v) is 2.74. The SMILES string of the molecule is CN(Cc1ccccn1)C(=O)c1ccccc1OCc1ccccc1Cl. The molecule has 0 N–H and O–H groups in total. The Morgan fingerprint density at radius 2 is 1.77 bits per heavy atom. The number of nitrogens with zero attached hydrogens (tertiary/aromatic N) is 2. The lowest BCUT2D eigenvalue weighted by Crippen LogP contribution is -2.27. The summed E-state index contributed by atoms with van der Waals surface area (Å²) in [6, 6.07) is 20.4. The maximum atomic E-state index is 12.8. The predicted molar refractivity (Wildman–Crippen MR) is 102 cm³/mol. The minimum Gasteiger partial charge on any atom is -0.488 e. The molecule has 132 valence electrons. The van der Waals surface area contributed by atoms with Gasteiger partial charge < -0.3 is 9.64 Å². The van der Waals surface area contributed by atoms with Gasteiger partial charge in [0, 0.05) is 23.8 Å². The Morgan fingerprint density at radius 1 is 1.04 bits per heavy atom. The van der Waals surface area contributed by atoms with Crippen molar-refractivity contribution in [3.05, 3.63) is 94.8 Å². The number of ether oxygens (including phenoxy) is 1. The van der Waals surface area contributed by atoms with Crippen molar-refractivity contribution in [3.8, 4) is 5.75 Å². The van der Waals surface area contributed by atoms with Gasteiger partial charge in [0.05, 0.1) is 17.8 Å². The van der Waals surface area contributed by atoms with Gasteiger partial charge in [-0.1, -0.05) is 48.0 Å². The van der Waals surface area contributed by atoms with Gasteiger partial charge in [-0.25, -0.2) is 0 Å². The second kappa shape index (κ2) is 8.50. The molecule has 1 heterocycles. The van der Waals surface area contributed by atoms with Crippen LogP contribution in [0.15, 0.2) is 72.9 Å². The molecule has 0 unspecified atom stereocenters. The molecule has 0 atom stereocenters. The Balaban J connectivity index is 1.73. The van der Waals surface area contributed by atoms with Crippen LogP contribution in [0.3, 0.4) is 0 Å². The fraction of sp³-hybridized carbons (Fsp3) is 0.143. The third kappa shape index (κ3) is 4.41. The van der Waals surface area contributed by atoms with E-state index in [0.29, 0.717) is 29.5 Å². The molecule has 5 heteroatoms. The molecule has 3 rings (SSSR count). The largest absolute Gasteiger partial charge is 0.488 e. The van der Waals surface area contributed by atoms with Crippen LogP contribution >= 0.6 is 11.6 Å². The van der Waals surface area contributed by atoms with Gasteiger partial charge in [-0.3, -0.25) is 9.78 Å². The summed E-state index contributed by atoms with van der Waals surface area (Å²) in [6.45, 7) is 0.729. The predicted octanol–water partition coefficient (Wildman–Crippen LogP) is 4.59. The van der Waals surface area contributed by atoms with Crippen molar-refractivity contribution in [2.45, 2.75) is 13.2 Å². The number of amides is 1. The van der Waals surface area contributed by atoms with Crippen molar-refractivity contribution < 1.29 is 9.53 Å². The molecule has 0 saturated heterocycles. The van der Waals surface area contributed by atoms with Gasteiger partial charge >= 0.3 is 0 Å². The molecule has 0 radical (unpaired) electrons. The van der Waals surface area contributed by atoms with E-state index in [1.165, 1.54) is 0 Å². The third-order valence-electron chi connectivity index (χ3n) is 3.93. The zero-order valence-electron chi connectivity index (χ0n) is 14.4. The number of halogens is 1. The molecule has 0 fully saturated rings. The van der Waals surface area contributed by atoms with Crippen molar-refractivity contribution in [2.24, 2.45) is 0 Å². The molecule has 0 aliphatic heterocycles. The number of rotatable bonds is 6. The minimum absolute atomic E-state index is 0.120. The van der Waals surface area contributed by atoms with E-state index in [2.05, 4.69) is 4.98 Å². The molecule has 3 aromatic rings. The minimum atomic E-state index is -0.120. The second-order valence-electron chi connectivity index (χ2n) is 5.86. The van der Waals surface area contributed by atoms with Gasteiger partial charge in [-0.15, -0.1) is 0 Å². The van der Waals surface area contributed by atoms with Crippen LogP contribution in [0.2, 0.25) is 5.02 Å². The summed E-state index contributed by atoms with van der Waals surface area (Å²) in [5.74, 6) is 0.413.